The third-order valence-corrected chi connectivity index (χ3v) is 11.0. The van der Waals surface area contributed by atoms with E-state index in [1.807, 2.05) is 0 Å². The van der Waals surface area contributed by atoms with Crippen molar-refractivity contribution in [3.8, 4) is 0 Å². The third kappa shape index (κ3) is 3.73. The van der Waals surface area contributed by atoms with Crippen molar-refractivity contribution in [1.82, 2.24) is 0 Å². The zero-order chi connectivity index (χ0) is 20.8. The molecular formula is C27H48O2. The fourth-order valence-corrected chi connectivity index (χ4v) is 9.41. The highest BCUT2D eigenvalue weighted by atomic mass is 16.3. The maximum atomic E-state index is 11.2. The van der Waals surface area contributed by atoms with Crippen LogP contribution >= 0.6 is 0 Å². The smallest absolute Gasteiger partial charge is 0.0576 e. The summed E-state index contributed by atoms with van der Waals surface area (Å²) in [5.41, 5.74) is 0.910. The van der Waals surface area contributed by atoms with Gasteiger partial charge in [-0.2, -0.15) is 0 Å². The van der Waals surface area contributed by atoms with E-state index >= 15 is 0 Å². The molecule has 0 amide bonds. The van der Waals surface area contributed by atoms with E-state index < -0.39 is 0 Å². The zero-order valence-corrected chi connectivity index (χ0v) is 19.7. The maximum absolute atomic E-state index is 11.2. The van der Waals surface area contributed by atoms with E-state index in [4.69, 9.17) is 0 Å². The van der Waals surface area contributed by atoms with Crippen LogP contribution in [-0.4, -0.2) is 22.9 Å². The van der Waals surface area contributed by atoms with Crippen molar-refractivity contribution in [1.29, 1.82) is 0 Å². The largest absolute Gasteiger partial charge is 0.396 e. The van der Waals surface area contributed by atoms with Crippen LogP contribution in [0.1, 0.15) is 105 Å². The minimum atomic E-state index is -0.0413. The molecule has 10 atom stereocenters. The van der Waals surface area contributed by atoms with Crippen LogP contribution in [0.15, 0.2) is 0 Å². The lowest BCUT2D eigenvalue weighted by molar-refractivity contribution is -0.159. The first-order valence-electron chi connectivity index (χ1n) is 13.1. The summed E-state index contributed by atoms with van der Waals surface area (Å²) in [6.07, 6.45) is 15.9. The highest BCUT2D eigenvalue weighted by Crippen LogP contribution is 2.68. The molecule has 168 valence electrons. The fraction of sp³-hybridized carbons (Fsp3) is 1.00. The standard InChI is InChI=1S/C27H48O2/c1-18(17-28)8-7-9-19(2)21-11-12-22-20-16-25(29)24-10-5-6-14-26(24,3)23(20)13-15-27(21,22)4/h18-25,28-29H,5-17H2,1-4H3/t18?,19-,20+,21-,22+,23+,24-,25+,26-,27-/m1/s1. The van der Waals surface area contributed by atoms with Gasteiger partial charge in [-0.15, -0.1) is 0 Å². The highest BCUT2D eigenvalue weighted by Gasteiger charge is 2.61. The van der Waals surface area contributed by atoms with Crippen LogP contribution in [0.3, 0.4) is 0 Å². The van der Waals surface area contributed by atoms with Gasteiger partial charge in [0.05, 0.1) is 6.10 Å². The summed E-state index contributed by atoms with van der Waals surface area (Å²) in [6, 6.07) is 0. The molecule has 0 heterocycles. The monoisotopic (exact) mass is 404 g/mol. The highest BCUT2D eigenvalue weighted by molar-refractivity contribution is 5.10. The first kappa shape index (κ1) is 22.1. The van der Waals surface area contributed by atoms with E-state index in [2.05, 4.69) is 27.7 Å². The normalized spacial score (nSPS) is 49.0. The summed E-state index contributed by atoms with van der Waals surface area (Å²) in [6.45, 7) is 10.2. The van der Waals surface area contributed by atoms with Gasteiger partial charge in [0.25, 0.3) is 0 Å². The molecule has 4 rings (SSSR count). The summed E-state index contributed by atoms with van der Waals surface area (Å²) in [5, 5.41) is 20.5. The molecule has 4 aliphatic rings. The van der Waals surface area contributed by atoms with Gasteiger partial charge in [-0.3, -0.25) is 0 Å². The van der Waals surface area contributed by atoms with Gasteiger partial charge in [-0.1, -0.05) is 53.4 Å². The van der Waals surface area contributed by atoms with Crippen LogP contribution < -0.4 is 0 Å². The Bertz CT molecular complexity index is 561. The van der Waals surface area contributed by atoms with Crippen LogP contribution in [-0.2, 0) is 0 Å². The molecule has 4 aliphatic carbocycles. The lowest BCUT2D eigenvalue weighted by Gasteiger charge is -2.62. The van der Waals surface area contributed by atoms with Gasteiger partial charge in [0.15, 0.2) is 0 Å². The SMILES string of the molecule is CC(CO)CCC[C@@H](C)[C@H]1CC[C@H]2[C@@H]3C[C@H](O)[C@H]4CCCC[C@]4(C)[C@H]3CC[C@]12C. The lowest BCUT2D eigenvalue weighted by atomic mass is 9.44. The van der Waals surface area contributed by atoms with Gasteiger partial charge in [0, 0.05) is 6.61 Å². The Morgan fingerprint density at radius 2 is 1.62 bits per heavy atom. The van der Waals surface area contributed by atoms with E-state index in [0.717, 1.165) is 36.0 Å². The Morgan fingerprint density at radius 1 is 0.862 bits per heavy atom. The minimum Gasteiger partial charge on any atom is -0.396 e. The number of hydrogen-bond acceptors (Lipinski definition) is 2. The van der Waals surface area contributed by atoms with E-state index in [1.165, 1.54) is 70.6 Å². The Morgan fingerprint density at radius 3 is 2.38 bits per heavy atom. The summed E-state index contributed by atoms with van der Waals surface area (Å²) in [7, 11) is 0. The quantitative estimate of drug-likeness (QED) is 0.534. The topological polar surface area (TPSA) is 40.5 Å². The van der Waals surface area contributed by atoms with Gasteiger partial charge in [0.2, 0.25) is 0 Å². The summed E-state index contributed by atoms with van der Waals surface area (Å²) < 4.78 is 0. The Hall–Kier alpha value is -0.0800. The first-order valence-corrected chi connectivity index (χ1v) is 13.1. The van der Waals surface area contributed by atoms with Gasteiger partial charge in [-0.25, -0.2) is 0 Å². The van der Waals surface area contributed by atoms with Gasteiger partial charge in [-0.05, 0) is 104 Å². The number of hydrogen-bond donors (Lipinski definition) is 2. The molecule has 0 aromatic rings. The van der Waals surface area contributed by atoms with Gasteiger partial charge >= 0.3 is 0 Å². The molecule has 1 unspecified atom stereocenters. The molecular weight excluding hydrogens is 356 g/mol. The zero-order valence-electron chi connectivity index (χ0n) is 19.7. The number of aliphatic hydroxyl groups is 2. The molecule has 2 heteroatoms. The number of rotatable bonds is 6. The molecule has 0 saturated heterocycles. The van der Waals surface area contributed by atoms with Crippen LogP contribution in [0, 0.1) is 52.3 Å². The fourth-order valence-electron chi connectivity index (χ4n) is 9.41. The van der Waals surface area contributed by atoms with Gasteiger partial charge < -0.3 is 10.2 Å². The average Bonchev–Trinajstić information content (AvgIpc) is 3.05. The predicted octanol–water partition coefficient (Wildman–Crippen LogP) is 6.44. The maximum Gasteiger partial charge on any atom is 0.0576 e. The van der Waals surface area contributed by atoms with Crippen molar-refractivity contribution in [3.63, 3.8) is 0 Å². The predicted molar refractivity (Wildman–Crippen MR) is 120 cm³/mol. The molecule has 0 aliphatic heterocycles. The van der Waals surface area contributed by atoms with E-state index in [-0.39, 0.29) is 6.10 Å². The van der Waals surface area contributed by atoms with Crippen LogP contribution in [0.4, 0.5) is 0 Å². The average molecular weight is 405 g/mol. The van der Waals surface area contributed by atoms with E-state index in [1.54, 1.807) is 0 Å². The van der Waals surface area contributed by atoms with Crippen molar-refractivity contribution in [2.75, 3.05) is 6.61 Å². The van der Waals surface area contributed by atoms with Crippen molar-refractivity contribution in [3.05, 3.63) is 0 Å². The molecule has 2 nitrogen and oxygen atoms in total. The van der Waals surface area contributed by atoms with Crippen LogP contribution in [0.5, 0.6) is 0 Å². The van der Waals surface area contributed by atoms with E-state index in [0.29, 0.717) is 29.3 Å². The summed E-state index contributed by atoms with van der Waals surface area (Å²) >= 11 is 0. The van der Waals surface area contributed by atoms with Crippen molar-refractivity contribution in [2.24, 2.45) is 52.3 Å². The van der Waals surface area contributed by atoms with Crippen molar-refractivity contribution >= 4 is 0 Å². The second kappa shape index (κ2) is 8.45. The summed E-state index contributed by atoms with van der Waals surface area (Å²) in [5.74, 6) is 5.19. The lowest BCUT2D eigenvalue weighted by Crippen LogP contribution is -2.57. The minimum absolute atomic E-state index is 0.0413. The Balaban J connectivity index is 1.46. The molecule has 0 aromatic heterocycles. The molecule has 0 radical (unpaired) electrons. The Labute approximate surface area is 180 Å². The molecule has 0 spiro atoms. The molecule has 0 bridgehead atoms. The van der Waals surface area contributed by atoms with Crippen molar-refractivity contribution < 1.29 is 10.2 Å². The second-order valence-electron chi connectivity index (χ2n) is 12.5. The molecule has 4 fully saturated rings. The van der Waals surface area contributed by atoms with E-state index in [9.17, 15) is 10.2 Å². The van der Waals surface area contributed by atoms with Gasteiger partial charge in [0.1, 0.15) is 0 Å². The number of fused-ring (bicyclic) bond motifs is 5. The van der Waals surface area contributed by atoms with Crippen LogP contribution in [0.25, 0.3) is 0 Å². The second-order valence-corrected chi connectivity index (χ2v) is 12.5. The molecule has 0 aromatic carbocycles. The summed E-state index contributed by atoms with van der Waals surface area (Å²) in [4.78, 5) is 0. The van der Waals surface area contributed by atoms with Crippen molar-refractivity contribution in [2.45, 2.75) is 111 Å². The molecule has 4 saturated carbocycles. The molecule has 2 N–H and O–H groups in total. The Kier molecular flexibility index (Phi) is 6.45. The molecule has 29 heavy (non-hydrogen) atoms. The number of aliphatic hydroxyl groups excluding tert-OH is 2. The first-order chi connectivity index (χ1) is 13.8. The third-order valence-electron chi connectivity index (χ3n) is 11.0. The van der Waals surface area contributed by atoms with Crippen LogP contribution in [0.2, 0.25) is 0 Å².